The maximum atomic E-state index is 14.4. The van der Waals surface area contributed by atoms with Crippen LogP contribution >= 0.6 is 0 Å². The van der Waals surface area contributed by atoms with Crippen molar-refractivity contribution in [1.29, 1.82) is 0 Å². The molecule has 97 heavy (non-hydrogen) atoms. The number of nitrogens with zero attached hydrogens (tertiary/aromatic N) is 9. The van der Waals surface area contributed by atoms with Crippen LogP contribution in [0.25, 0.3) is 0 Å². The van der Waals surface area contributed by atoms with E-state index >= 15 is 0 Å². The Bertz CT molecular complexity index is 2950. The summed E-state index contributed by atoms with van der Waals surface area (Å²) in [6, 6.07) is 39.2. The van der Waals surface area contributed by atoms with E-state index in [1.807, 2.05) is 12.1 Å². The predicted octanol–water partition coefficient (Wildman–Crippen LogP) is 20.1. The highest BCUT2D eigenvalue weighted by atomic mass is 19.1. The van der Waals surface area contributed by atoms with E-state index in [0.717, 1.165) is 101 Å². The van der Waals surface area contributed by atoms with Crippen molar-refractivity contribution in [1.82, 2.24) is 19.6 Å². The van der Waals surface area contributed by atoms with Gasteiger partial charge in [-0.2, -0.15) is 0 Å². The van der Waals surface area contributed by atoms with Gasteiger partial charge in [-0.1, -0.05) is 194 Å². The van der Waals surface area contributed by atoms with Crippen molar-refractivity contribution in [3.8, 4) is 0 Å². The molecule has 0 radical (unpaired) electrons. The molecular formula is C86H141F2N9. The normalized spacial score (nSPS) is 19.1. The molecule has 9 nitrogen and oxygen atoms in total. The molecule has 0 N–H and O–H groups in total. The Balaban J connectivity index is 0.000000219. The number of likely N-dealkylation sites (N-methyl/N-ethyl adjacent to an activating group) is 4. The van der Waals surface area contributed by atoms with Crippen LogP contribution in [-0.4, -0.2) is 166 Å². The molecular weight excluding hydrogens is 1200 g/mol. The van der Waals surface area contributed by atoms with E-state index in [-0.39, 0.29) is 35.8 Å². The molecule has 5 aromatic carbocycles. The highest BCUT2D eigenvalue weighted by Crippen LogP contribution is 2.41. The zero-order valence-corrected chi connectivity index (χ0v) is 65.4. The van der Waals surface area contributed by atoms with Gasteiger partial charge in [0.2, 0.25) is 0 Å². The molecule has 0 spiro atoms. The van der Waals surface area contributed by atoms with Crippen molar-refractivity contribution >= 4 is 28.4 Å². The molecule has 544 valence electrons. The number of rotatable bonds is 10. The minimum Gasteiger partial charge on any atom is -0.372 e. The number of benzene rings is 5. The highest BCUT2D eigenvalue weighted by Gasteiger charge is 2.29. The Morgan fingerprint density at radius 1 is 0.268 bits per heavy atom. The number of hydrogen-bond acceptors (Lipinski definition) is 9. The van der Waals surface area contributed by atoms with E-state index in [4.69, 9.17) is 0 Å². The second-order valence-corrected chi connectivity index (χ2v) is 34.8. The second kappa shape index (κ2) is 36.4. The summed E-state index contributed by atoms with van der Waals surface area (Å²) < 4.78 is 28.9. The predicted molar refractivity (Wildman–Crippen MR) is 423 cm³/mol. The molecule has 11 heteroatoms. The van der Waals surface area contributed by atoms with Gasteiger partial charge in [-0.05, 0) is 193 Å². The molecule has 10 rings (SSSR count). The third-order valence-corrected chi connectivity index (χ3v) is 22.8. The van der Waals surface area contributed by atoms with Crippen LogP contribution in [-0.2, 0) is 0 Å². The lowest BCUT2D eigenvalue weighted by atomic mass is 9.77. The van der Waals surface area contributed by atoms with Crippen molar-refractivity contribution in [3.63, 3.8) is 0 Å². The van der Waals surface area contributed by atoms with E-state index in [2.05, 4.69) is 296 Å². The Labute approximate surface area is 594 Å². The largest absolute Gasteiger partial charge is 0.372 e. The van der Waals surface area contributed by atoms with Gasteiger partial charge in [0.05, 0.1) is 5.69 Å². The maximum Gasteiger partial charge on any atom is 0.146 e. The molecule has 5 saturated heterocycles. The van der Waals surface area contributed by atoms with Gasteiger partial charge in [0.1, 0.15) is 11.6 Å². The fourth-order valence-electron chi connectivity index (χ4n) is 12.9. The number of anilines is 5. The smallest absolute Gasteiger partial charge is 0.146 e. The van der Waals surface area contributed by atoms with Gasteiger partial charge in [-0.25, -0.2) is 8.78 Å². The number of piperazine rings is 4. The molecule has 5 fully saturated rings. The zero-order valence-electron chi connectivity index (χ0n) is 65.4. The molecule has 5 aliphatic rings. The van der Waals surface area contributed by atoms with Gasteiger partial charge >= 0.3 is 0 Å². The lowest BCUT2D eigenvalue weighted by Gasteiger charge is -2.34. The van der Waals surface area contributed by atoms with Gasteiger partial charge in [-0.15, -0.1) is 0 Å². The average molecular weight is 1340 g/mol. The molecule has 5 atom stereocenters. The summed E-state index contributed by atoms with van der Waals surface area (Å²) in [5.41, 5.74) is 13.4. The quantitative estimate of drug-likeness (QED) is 0.136. The Morgan fingerprint density at radius 3 is 0.814 bits per heavy atom. The van der Waals surface area contributed by atoms with Crippen molar-refractivity contribution < 1.29 is 8.78 Å². The van der Waals surface area contributed by atoms with E-state index in [0.29, 0.717) is 39.9 Å². The monoisotopic (exact) mass is 1340 g/mol. The summed E-state index contributed by atoms with van der Waals surface area (Å²) in [7, 11) is 8.64. The van der Waals surface area contributed by atoms with Crippen LogP contribution in [0.15, 0.2) is 109 Å². The van der Waals surface area contributed by atoms with Crippen LogP contribution < -0.4 is 24.5 Å². The second-order valence-electron chi connectivity index (χ2n) is 34.8. The summed E-state index contributed by atoms with van der Waals surface area (Å²) in [5, 5.41) is 0. The molecule has 0 aromatic heterocycles. The molecule has 5 aliphatic heterocycles. The molecule has 0 saturated carbocycles. The lowest BCUT2D eigenvalue weighted by molar-refractivity contribution is 0.311. The van der Waals surface area contributed by atoms with E-state index in [9.17, 15) is 8.78 Å². The van der Waals surface area contributed by atoms with Crippen LogP contribution in [0.2, 0.25) is 0 Å². The minimum atomic E-state index is -0.0804. The topological polar surface area (TPSA) is 29.2 Å². The first-order valence-electron chi connectivity index (χ1n) is 37.2. The fraction of sp³-hybridized carbons (Fsp3) is 0.651. The van der Waals surface area contributed by atoms with Crippen LogP contribution in [0, 0.1) is 38.7 Å². The molecule has 5 heterocycles. The summed E-state index contributed by atoms with van der Waals surface area (Å²) in [6.45, 7) is 64.7. The first-order valence-corrected chi connectivity index (χ1v) is 37.2. The van der Waals surface area contributed by atoms with E-state index in [1.54, 1.807) is 12.1 Å². The van der Waals surface area contributed by atoms with Crippen LogP contribution in [0.1, 0.15) is 223 Å². The first kappa shape index (κ1) is 82.5. The van der Waals surface area contributed by atoms with Crippen LogP contribution in [0.4, 0.5) is 37.2 Å². The SMILES string of the molecule is C.CC(c1ccc(N2CCCCC2)cc1)C(C)(C)C.CC(c1ccc(N2CCN(C)CC2)cc1)C(C)(C)C.CC(c1ccc(N2CCN(C)CC2)cc1F)C(C)(C)C.C[C@H](c1ccc(N2CCN(C)CC2)c(F)c1)C(C)(C)C.C[C@H](c1ccc(N2CCN(C)CC2)cc1)C(C)(C)C. The van der Waals surface area contributed by atoms with E-state index < -0.39 is 0 Å². The summed E-state index contributed by atoms with van der Waals surface area (Å²) in [4.78, 5) is 21.3. The van der Waals surface area contributed by atoms with Gasteiger partial charge in [0.15, 0.2) is 0 Å². The van der Waals surface area contributed by atoms with Crippen molar-refractivity contribution in [2.24, 2.45) is 27.1 Å². The molecule has 0 bridgehead atoms. The van der Waals surface area contributed by atoms with Crippen molar-refractivity contribution in [2.45, 2.75) is 195 Å². The molecule has 3 unspecified atom stereocenters. The Kier molecular flexibility index (Phi) is 31.0. The van der Waals surface area contributed by atoms with Gasteiger partial charge < -0.3 is 44.1 Å². The van der Waals surface area contributed by atoms with Crippen molar-refractivity contribution in [3.05, 3.63) is 149 Å². The van der Waals surface area contributed by atoms with Gasteiger partial charge in [0.25, 0.3) is 0 Å². The number of halogens is 2. The van der Waals surface area contributed by atoms with Gasteiger partial charge in [-0.3, -0.25) is 0 Å². The molecule has 5 aromatic rings. The summed E-state index contributed by atoms with van der Waals surface area (Å²) in [5.74, 6) is 2.20. The molecule has 0 aliphatic carbocycles. The lowest BCUT2D eigenvalue weighted by Crippen LogP contribution is -2.44. The van der Waals surface area contributed by atoms with Gasteiger partial charge in [0, 0.05) is 141 Å². The van der Waals surface area contributed by atoms with Crippen LogP contribution in [0.3, 0.4) is 0 Å². The Morgan fingerprint density at radius 2 is 0.526 bits per heavy atom. The third kappa shape index (κ3) is 25.1. The summed E-state index contributed by atoms with van der Waals surface area (Å²) in [6.07, 6.45) is 4.09. The van der Waals surface area contributed by atoms with Crippen molar-refractivity contribution in [2.75, 3.05) is 170 Å². The average Bonchev–Trinajstić information content (AvgIpc) is 0.859. The summed E-state index contributed by atoms with van der Waals surface area (Å²) >= 11 is 0. The highest BCUT2D eigenvalue weighted by molar-refractivity contribution is 5.53. The number of hydrogen-bond donors (Lipinski definition) is 0. The number of piperidine rings is 1. The maximum absolute atomic E-state index is 14.4. The standard InChI is InChI=1S/2C17H27FN2.2C17H28N2.C17H27N.CH4/c1-13(17(2,3)4)15-7-6-14(12-16(15)18)20-10-8-19(5)9-11-20;1-13(17(2,3)4)14-6-7-16(15(18)12-14)20-10-8-19(5)9-11-20;2*1-14(17(2,3)4)15-6-8-16(9-7-15)19-12-10-18(5)11-13-19;1-14(17(2,3)4)15-8-10-16(11-9-15)18-12-6-5-7-13-18;/h2*6-7,12-13H,8-11H2,1-5H3;2*6-9,14H,10-13H2,1-5H3;8-11,14H,5-7,12-13H2,1-4H3;1H4/t;13-;14-;;;/m.11.../s1. The fourth-order valence-corrected chi connectivity index (χ4v) is 12.9. The third-order valence-electron chi connectivity index (χ3n) is 22.8. The molecule has 0 amide bonds. The van der Waals surface area contributed by atoms with E-state index in [1.165, 1.54) is 92.3 Å². The van der Waals surface area contributed by atoms with Crippen LogP contribution in [0.5, 0.6) is 0 Å². The minimum absolute atomic E-state index is 0. The first-order chi connectivity index (χ1) is 44.8. The zero-order chi connectivity index (χ0) is 71.1. The Hall–Kier alpha value is -5.20.